The van der Waals surface area contributed by atoms with E-state index < -0.39 is 18.1 Å². The van der Waals surface area contributed by atoms with E-state index in [1.165, 1.54) is 12.1 Å². The fourth-order valence-corrected chi connectivity index (χ4v) is 3.32. The molecule has 0 bridgehead atoms. The lowest BCUT2D eigenvalue weighted by atomic mass is 9.83. The van der Waals surface area contributed by atoms with Gasteiger partial charge >= 0.3 is 6.18 Å². The second-order valence-corrected chi connectivity index (χ2v) is 5.79. The van der Waals surface area contributed by atoms with E-state index in [4.69, 9.17) is 4.74 Å². The molecule has 6 heteroatoms. The van der Waals surface area contributed by atoms with Gasteiger partial charge in [-0.05, 0) is 25.0 Å². The molecule has 1 heterocycles. The zero-order valence-electron chi connectivity index (χ0n) is 11.5. The molecule has 1 aliphatic carbocycles. The van der Waals surface area contributed by atoms with Gasteiger partial charge in [-0.15, -0.1) is 0 Å². The van der Waals surface area contributed by atoms with Crippen molar-refractivity contribution in [1.82, 2.24) is 5.32 Å². The Kier molecular flexibility index (Phi) is 3.73. The number of hydrogen-bond acceptors (Lipinski definition) is 3. The highest BCUT2D eigenvalue weighted by Gasteiger charge is 2.46. The average Bonchev–Trinajstić information content (AvgIpc) is 2.80. The molecule has 21 heavy (non-hydrogen) atoms. The van der Waals surface area contributed by atoms with E-state index in [0.29, 0.717) is 25.2 Å². The summed E-state index contributed by atoms with van der Waals surface area (Å²) >= 11 is 0. The van der Waals surface area contributed by atoms with Gasteiger partial charge in [0, 0.05) is 17.7 Å². The van der Waals surface area contributed by atoms with E-state index in [1.807, 2.05) is 0 Å². The number of halogens is 3. The highest BCUT2D eigenvalue weighted by molar-refractivity contribution is 5.44. The highest BCUT2D eigenvalue weighted by Crippen LogP contribution is 2.40. The van der Waals surface area contributed by atoms with Crippen LogP contribution in [0.5, 0.6) is 11.5 Å². The van der Waals surface area contributed by atoms with Gasteiger partial charge in [0.1, 0.15) is 18.1 Å². The molecular formula is C15H18F3NO2. The van der Waals surface area contributed by atoms with Crippen LogP contribution >= 0.6 is 0 Å². The molecule has 0 radical (unpaired) electrons. The molecule has 1 saturated carbocycles. The van der Waals surface area contributed by atoms with Crippen LogP contribution in [0, 0.1) is 5.92 Å². The molecule has 0 saturated heterocycles. The summed E-state index contributed by atoms with van der Waals surface area (Å²) in [4.78, 5) is 0. The smallest absolute Gasteiger partial charge is 0.393 e. The molecule has 116 valence electrons. The van der Waals surface area contributed by atoms with Gasteiger partial charge in [0.2, 0.25) is 0 Å². The Morgan fingerprint density at radius 3 is 2.71 bits per heavy atom. The highest BCUT2D eigenvalue weighted by atomic mass is 19.4. The lowest BCUT2D eigenvalue weighted by molar-refractivity contribution is -0.189. The summed E-state index contributed by atoms with van der Waals surface area (Å²) in [7, 11) is 0. The zero-order valence-corrected chi connectivity index (χ0v) is 11.5. The van der Waals surface area contributed by atoms with E-state index in [1.54, 1.807) is 6.07 Å². The molecular weight excluding hydrogens is 283 g/mol. The van der Waals surface area contributed by atoms with Crippen LogP contribution in [0.15, 0.2) is 18.2 Å². The number of benzene rings is 1. The second-order valence-electron chi connectivity index (χ2n) is 5.79. The van der Waals surface area contributed by atoms with Gasteiger partial charge in [-0.1, -0.05) is 12.8 Å². The quantitative estimate of drug-likeness (QED) is 0.878. The standard InChI is InChI=1S/C15H18F3NO2/c16-15(17,18)11-3-1-2-4-12(11)19-13-8-21-14-7-9(20)5-6-10(13)14/h5-7,11-13,19-20H,1-4,8H2. The maximum Gasteiger partial charge on any atom is 0.393 e. The molecule has 3 atom stereocenters. The third-order valence-corrected chi connectivity index (χ3v) is 4.38. The Bertz CT molecular complexity index is 518. The Morgan fingerprint density at radius 1 is 1.19 bits per heavy atom. The summed E-state index contributed by atoms with van der Waals surface area (Å²) in [6.07, 6.45) is -1.98. The Labute approximate surface area is 121 Å². The van der Waals surface area contributed by atoms with Gasteiger partial charge in [0.05, 0.1) is 12.0 Å². The van der Waals surface area contributed by atoms with Gasteiger partial charge in [-0.3, -0.25) is 0 Å². The molecule has 3 unspecified atom stereocenters. The SMILES string of the molecule is Oc1ccc2c(c1)OCC2NC1CCCCC1C(F)(F)F. The maximum absolute atomic E-state index is 13.1. The third kappa shape index (κ3) is 2.95. The number of hydrogen-bond donors (Lipinski definition) is 2. The van der Waals surface area contributed by atoms with Crippen molar-refractivity contribution in [2.24, 2.45) is 5.92 Å². The Hall–Kier alpha value is -1.43. The number of ether oxygens (including phenoxy) is 1. The molecule has 0 aromatic heterocycles. The van der Waals surface area contributed by atoms with Gasteiger partial charge in [-0.2, -0.15) is 13.2 Å². The van der Waals surface area contributed by atoms with Gasteiger partial charge in [-0.25, -0.2) is 0 Å². The summed E-state index contributed by atoms with van der Waals surface area (Å²) < 4.78 is 44.8. The number of phenolic OH excluding ortho intramolecular Hbond substituents is 1. The van der Waals surface area contributed by atoms with Gasteiger partial charge < -0.3 is 15.2 Å². The van der Waals surface area contributed by atoms with Crippen molar-refractivity contribution in [3.63, 3.8) is 0 Å². The van der Waals surface area contributed by atoms with Crippen LogP contribution in [0.1, 0.15) is 37.3 Å². The van der Waals surface area contributed by atoms with Crippen molar-refractivity contribution >= 4 is 0 Å². The Morgan fingerprint density at radius 2 is 1.95 bits per heavy atom. The molecule has 0 spiro atoms. The van der Waals surface area contributed by atoms with E-state index in [0.717, 1.165) is 12.0 Å². The normalized spacial score (nSPS) is 29.0. The van der Waals surface area contributed by atoms with Crippen molar-refractivity contribution in [2.45, 2.75) is 43.9 Å². The first-order valence-corrected chi connectivity index (χ1v) is 7.23. The molecule has 3 nitrogen and oxygen atoms in total. The summed E-state index contributed by atoms with van der Waals surface area (Å²) in [5.41, 5.74) is 0.819. The van der Waals surface area contributed by atoms with Crippen LogP contribution in [0.3, 0.4) is 0 Å². The van der Waals surface area contributed by atoms with Crippen LogP contribution in [0.25, 0.3) is 0 Å². The molecule has 1 aromatic carbocycles. The molecule has 1 aliphatic heterocycles. The topological polar surface area (TPSA) is 41.5 Å². The minimum absolute atomic E-state index is 0.0974. The first-order chi connectivity index (χ1) is 9.95. The third-order valence-electron chi connectivity index (χ3n) is 4.38. The molecule has 1 aromatic rings. The summed E-state index contributed by atoms with van der Waals surface area (Å²) in [5, 5.41) is 12.5. The molecule has 1 fully saturated rings. The van der Waals surface area contributed by atoms with E-state index in [2.05, 4.69) is 5.32 Å². The number of nitrogens with one attached hydrogen (secondary N) is 1. The molecule has 3 rings (SSSR count). The van der Waals surface area contributed by atoms with Crippen molar-refractivity contribution in [3.05, 3.63) is 23.8 Å². The molecule has 0 amide bonds. The number of rotatable bonds is 2. The maximum atomic E-state index is 13.1. The van der Waals surface area contributed by atoms with Crippen molar-refractivity contribution < 1.29 is 23.0 Å². The summed E-state index contributed by atoms with van der Waals surface area (Å²) in [5.74, 6) is -0.639. The van der Waals surface area contributed by atoms with Gasteiger partial charge in [0.25, 0.3) is 0 Å². The number of aromatic hydroxyl groups is 1. The van der Waals surface area contributed by atoms with Crippen LogP contribution < -0.4 is 10.1 Å². The molecule has 2 aliphatic rings. The van der Waals surface area contributed by atoms with E-state index >= 15 is 0 Å². The van der Waals surface area contributed by atoms with Crippen LogP contribution in [0.2, 0.25) is 0 Å². The second kappa shape index (κ2) is 5.40. The molecule has 2 N–H and O–H groups in total. The monoisotopic (exact) mass is 301 g/mol. The van der Waals surface area contributed by atoms with Crippen LogP contribution in [-0.4, -0.2) is 23.9 Å². The first kappa shape index (κ1) is 14.5. The van der Waals surface area contributed by atoms with Crippen molar-refractivity contribution in [2.75, 3.05) is 6.61 Å². The van der Waals surface area contributed by atoms with Crippen LogP contribution in [0.4, 0.5) is 13.2 Å². The Balaban J connectivity index is 1.75. The van der Waals surface area contributed by atoms with Gasteiger partial charge in [0.15, 0.2) is 0 Å². The minimum Gasteiger partial charge on any atom is -0.508 e. The lowest BCUT2D eigenvalue weighted by Gasteiger charge is -2.35. The number of fused-ring (bicyclic) bond motifs is 1. The van der Waals surface area contributed by atoms with Crippen LogP contribution in [-0.2, 0) is 0 Å². The van der Waals surface area contributed by atoms with Crippen molar-refractivity contribution in [3.8, 4) is 11.5 Å². The summed E-state index contributed by atoms with van der Waals surface area (Å²) in [6, 6.07) is 3.94. The lowest BCUT2D eigenvalue weighted by Crippen LogP contribution is -2.47. The first-order valence-electron chi connectivity index (χ1n) is 7.23. The summed E-state index contributed by atoms with van der Waals surface area (Å²) in [6.45, 7) is 0.305. The largest absolute Gasteiger partial charge is 0.508 e. The minimum atomic E-state index is -4.16. The number of alkyl halides is 3. The van der Waals surface area contributed by atoms with E-state index in [-0.39, 0.29) is 18.2 Å². The van der Waals surface area contributed by atoms with Crippen molar-refractivity contribution in [1.29, 1.82) is 0 Å². The number of phenols is 1. The zero-order chi connectivity index (χ0) is 15.0. The predicted molar refractivity (Wildman–Crippen MR) is 71.3 cm³/mol. The predicted octanol–water partition coefficient (Wildman–Crippen LogP) is 3.54. The average molecular weight is 301 g/mol. The van der Waals surface area contributed by atoms with E-state index in [9.17, 15) is 18.3 Å². The fourth-order valence-electron chi connectivity index (χ4n) is 3.32. The fraction of sp³-hybridized carbons (Fsp3) is 0.600.